The molecule has 5 nitrogen and oxygen atoms in total. The van der Waals surface area contributed by atoms with Gasteiger partial charge in [0.1, 0.15) is 6.10 Å². The number of rotatable bonds is 44. The van der Waals surface area contributed by atoms with Crippen LogP contribution in [0, 0.1) is 0 Å². The number of aliphatic hydroxyl groups excluding tert-OH is 3. The maximum atomic E-state index is 12.5. The Morgan fingerprint density at radius 2 is 0.745 bits per heavy atom. The molecule has 0 heterocycles. The van der Waals surface area contributed by atoms with Crippen LogP contribution in [0.3, 0.4) is 0 Å². The highest BCUT2D eigenvalue weighted by atomic mass is 16.3. The first kappa shape index (κ1) is 53.6. The third kappa shape index (κ3) is 40.6. The molecular weight excluding hydrogens is 679 g/mol. The molecule has 0 fully saturated rings. The molecule has 0 aliphatic rings. The summed E-state index contributed by atoms with van der Waals surface area (Å²) in [5, 5.41) is 33.5. The Labute approximate surface area is 343 Å². The topological polar surface area (TPSA) is 89.8 Å². The second-order valence-electron chi connectivity index (χ2n) is 16.6. The molecule has 55 heavy (non-hydrogen) atoms. The van der Waals surface area contributed by atoms with E-state index in [2.05, 4.69) is 55.6 Å². The Hall–Kier alpha value is -1.43. The van der Waals surface area contributed by atoms with Crippen LogP contribution in [-0.4, -0.2) is 46.1 Å². The number of amides is 1. The van der Waals surface area contributed by atoms with Crippen molar-refractivity contribution in [2.45, 2.75) is 270 Å². The molecule has 3 atom stereocenters. The van der Waals surface area contributed by atoms with E-state index in [1.165, 1.54) is 180 Å². The van der Waals surface area contributed by atoms with Crippen LogP contribution in [0.5, 0.6) is 0 Å². The molecule has 0 bridgehead atoms. The van der Waals surface area contributed by atoms with Crippen LogP contribution in [0.1, 0.15) is 251 Å². The van der Waals surface area contributed by atoms with Crippen molar-refractivity contribution in [2.75, 3.05) is 6.61 Å². The van der Waals surface area contributed by atoms with E-state index in [4.69, 9.17) is 0 Å². The fourth-order valence-corrected chi connectivity index (χ4v) is 7.41. The van der Waals surface area contributed by atoms with Gasteiger partial charge in [0.05, 0.1) is 18.8 Å². The van der Waals surface area contributed by atoms with Gasteiger partial charge < -0.3 is 20.6 Å². The summed E-state index contributed by atoms with van der Waals surface area (Å²) in [5.41, 5.74) is 0. The molecule has 0 aromatic heterocycles. The Morgan fingerprint density at radius 1 is 0.436 bits per heavy atom. The lowest BCUT2D eigenvalue weighted by molar-refractivity contribution is -0.124. The normalized spacial score (nSPS) is 13.8. The standard InChI is InChI=1S/C50H95NO4/c1-3-5-7-9-11-13-15-17-19-20-21-22-23-24-25-26-27-28-29-31-33-35-37-39-41-43-45-49(54)51-47(46-52)50(55)48(53)44-42-40-38-36-34-32-30-18-16-14-12-10-8-6-4-2/h18,24-25,30,36,38,47-48,50,52-53,55H,3-17,19-23,26-29,31-35,37,39-46H2,1-2H3,(H,51,54)/b25-24-,30-18+,38-36+. The van der Waals surface area contributed by atoms with Gasteiger partial charge in [-0.05, 0) is 77.0 Å². The first-order chi connectivity index (χ1) is 27.1. The number of hydrogen-bond donors (Lipinski definition) is 4. The van der Waals surface area contributed by atoms with E-state index in [-0.39, 0.29) is 12.5 Å². The van der Waals surface area contributed by atoms with Crippen molar-refractivity contribution >= 4 is 5.91 Å². The van der Waals surface area contributed by atoms with E-state index in [9.17, 15) is 20.1 Å². The van der Waals surface area contributed by atoms with E-state index in [0.29, 0.717) is 12.8 Å². The van der Waals surface area contributed by atoms with Crippen molar-refractivity contribution in [2.24, 2.45) is 0 Å². The predicted octanol–water partition coefficient (Wildman–Crippen LogP) is 14.3. The summed E-state index contributed by atoms with van der Waals surface area (Å²) in [7, 11) is 0. The second-order valence-corrected chi connectivity index (χ2v) is 16.6. The van der Waals surface area contributed by atoms with Crippen molar-refractivity contribution < 1.29 is 20.1 Å². The van der Waals surface area contributed by atoms with Crippen LogP contribution in [0.25, 0.3) is 0 Å². The van der Waals surface area contributed by atoms with Crippen LogP contribution >= 0.6 is 0 Å². The van der Waals surface area contributed by atoms with Gasteiger partial charge in [0.2, 0.25) is 5.91 Å². The van der Waals surface area contributed by atoms with Crippen molar-refractivity contribution in [3.8, 4) is 0 Å². The molecule has 0 radical (unpaired) electrons. The molecule has 0 aromatic rings. The molecule has 5 heteroatoms. The number of carbonyl (C=O) groups is 1. The monoisotopic (exact) mass is 774 g/mol. The van der Waals surface area contributed by atoms with E-state index in [0.717, 1.165) is 44.9 Å². The first-order valence-corrected chi connectivity index (χ1v) is 24.3. The summed E-state index contributed by atoms with van der Waals surface area (Å²) in [6.45, 7) is 4.16. The minimum absolute atomic E-state index is 0.159. The van der Waals surface area contributed by atoms with E-state index in [1.54, 1.807) is 0 Å². The summed E-state index contributed by atoms with van der Waals surface area (Å²) >= 11 is 0. The van der Waals surface area contributed by atoms with E-state index in [1.807, 2.05) is 0 Å². The maximum absolute atomic E-state index is 12.5. The summed E-state index contributed by atoms with van der Waals surface area (Å²) < 4.78 is 0. The smallest absolute Gasteiger partial charge is 0.220 e. The molecular formula is C50H95NO4. The number of aliphatic hydroxyl groups is 3. The lowest BCUT2D eigenvalue weighted by Crippen LogP contribution is -2.50. The first-order valence-electron chi connectivity index (χ1n) is 24.3. The Balaban J connectivity index is 3.61. The molecule has 4 N–H and O–H groups in total. The van der Waals surface area contributed by atoms with Gasteiger partial charge in [-0.2, -0.15) is 0 Å². The lowest BCUT2D eigenvalue weighted by atomic mass is 10.0. The average Bonchev–Trinajstić information content (AvgIpc) is 3.19. The summed E-state index contributed by atoms with van der Waals surface area (Å²) in [4.78, 5) is 12.5. The fraction of sp³-hybridized carbons (Fsp3) is 0.860. The Kier molecular flexibility index (Phi) is 44.1. The zero-order valence-corrected chi connectivity index (χ0v) is 36.8. The highest BCUT2D eigenvalue weighted by molar-refractivity contribution is 5.76. The Bertz CT molecular complexity index is 855. The van der Waals surface area contributed by atoms with E-state index < -0.39 is 18.2 Å². The van der Waals surface area contributed by atoms with Gasteiger partial charge in [0.15, 0.2) is 0 Å². The number of nitrogens with one attached hydrogen (secondary N) is 1. The molecule has 3 unspecified atom stereocenters. The second kappa shape index (κ2) is 45.3. The minimum atomic E-state index is -1.17. The van der Waals surface area contributed by atoms with Crippen molar-refractivity contribution in [1.29, 1.82) is 0 Å². The van der Waals surface area contributed by atoms with Crippen molar-refractivity contribution in [3.63, 3.8) is 0 Å². The number of carbonyl (C=O) groups excluding carboxylic acids is 1. The van der Waals surface area contributed by atoms with Gasteiger partial charge in [-0.25, -0.2) is 0 Å². The van der Waals surface area contributed by atoms with Gasteiger partial charge in [0.25, 0.3) is 0 Å². The van der Waals surface area contributed by atoms with Gasteiger partial charge in [0, 0.05) is 6.42 Å². The van der Waals surface area contributed by atoms with Gasteiger partial charge >= 0.3 is 0 Å². The average molecular weight is 774 g/mol. The third-order valence-electron chi connectivity index (χ3n) is 11.2. The van der Waals surface area contributed by atoms with Crippen LogP contribution in [0.2, 0.25) is 0 Å². The lowest BCUT2D eigenvalue weighted by Gasteiger charge is -2.26. The molecule has 0 spiro atoms. The van der Waals surface area contributed by atoms with Crippen LogP contribution < -0.4 is 5.32 Å². The molecule has 0 aromatic carbocycles. The zero-order chi connectivity index (χ0) is 40.1. The van der Waals surface area contributed by atoms with Crippen LogP contribution in [0.4, 0.5) is 0 Å². The minimum Gasteiger partial charge on any atom is -0.394 e. The van der Waals surface area contributed by atoms with E-state index >= 15 is 0 Å². The highest BCUT2D eigenvalue weighted by Gasteiger charge is 2.26. The number of unbranched alkanes of at least 4 members (excludes halogenated alkanes) is 30. The maximum Gasteiger partial charge on any atom is 0.220 e. The molecule has 0 aliphatic carbocycles. The quantitative estimate of drug-likeness (QED) is 0.0367. The third-order valence-corrected chi connectivity index (χ3v) is 11.2. The number of hydrogen-bond acceptors (Lipinski definition) is 4. The van der Waals surface area contributed by atoms with Gasteiger partial charge in [-0.15, -0.1) is 0 Å². The number of allylic oxidation sites excluding steroid dienone is 6. The molecule has 0 rings (SSSR count). The zero-order valence-electron chi connectivity index (χ0n) is 36.8. The molecule has 0 aliphatic heterocycles. The molecule has 0 saturated heterocycles. The largest absolute Gasteiger partial charge is 0.394 e. The SMILES string of the molecule is CCCCCCCC/C=C/CC/C=C/CCCC(O)C(O)C(CO)NC(=O)CCCCCCCCCCCC/C=C\CCCCCCCCCCCCCC. The van der Waals surface area contributed by atoms with Crippen LogP contribution in [-0.2, 0) is 4.79 Å². The van der Waals surface area contributed by atoms with Crippen molar-refractivity contribution in [1.82, 2.24) is 5.32 Å². The molecule has 1 amide bonds. The van der Waals surface area contributed by atoms with Gasteiger partial charge in [-0.1, -0.05) is 204 Å². The van der Waals surface area contributed by atoms with Gasteiger partial charge in [-0.3, -0.25) is 4.79 Å². The molecule has 324 valence electrons. The Morgan fingerprint density at radius 3 is 1.11 bits per heavy atom. The predicted molar refractivity (Wildman–Crippen MR) is 241 cm³/mol. The summed E-state index contributed by atoms with van der Waals surface area (Å²) in [6, 6.07) is -0.832. The highest BCUT2D eigenvalue weighted by Crippen LogP contribution is 2.15. The molecule has 0 saturated carbocycles. The fourth-order valence-electron chi connectivity index (χ4n) is 7.41. The van der Waals surface area contributed by atoms with Crippen LogP contribution in [0.15, 0.2) is 36.5 Å². The van der Waals surface area contributed by atoms with Crippen molar-refractivity contribution in [3.05, 3.63) is 36.5 Å². The summed E-state index contributed by atoms with van der Waals surface area (Å²) in [6.07, 6.45) is 57.0. The summed E-state index contributed by atoms with van der Waals surface area (Å²) in [5.74, 6) is -0.159.